The third-order valence-corrected chi connectivity index (χ3v) is 5.40. The molecule has 198 valence electrons. The lowest BCUT2D eigenvalue weighted by atomic mass is 10.2. The largest absolute Gasteiger partial charge is 0.639 e. The number of ether oxygens (including phenoxy) is 3. The SMILES string of the molecule is c1ccc(COCCCOB(OCCCOCc2ccccc2)OCCCOCc2ccccc2)cc1. The lowest BCUT2D eigenvalue weighted by Gasteiger charge is -2.15. The van der Waals surface area contributed by atoms with E-state index in [1.165, 1.54) is 0 Å². The van der Waals surface area contributed by atoms with Crippen LogP contribution in [0.3, 0.4) is 0 Å². The molecule has 0 aliphatic heterocycles. The molecule has 0 amide bonds. The zero-order valence-electron chi connectivity index (χ0n) is 21.7. The van der Waals surface area contributed by atoms with Gasteiger partial charge in [-0.1, -0.05) is 91.0 Å². The molecule has 0 heterocycles. The highest BCUT2D eigenvalue weighted by atomic mass is 16.7. The second-order valence-corrected chi connectivity index (χ2v) is 8.58. The maximum atomic E-state index is 5.84. The van der Waals surface area contributed by atoms with Crippen LogP contribution in [-0.2, 0) is 48.0 Å². The van der Waals surface area contributed by atoms with Gasteiger partial charge in [-0.3, -0.25) is 0 Å². The fourth-order valence-electron chi connectivity index (χ4n) is 3.46. The van der Waals surface area contributed by atoms with E-state index in [4.69, 9.17) is 28.2 Å². The molecule has 0 fully saturated rings. The zero-order valence-corrected chi connectivity index (χ0v) is 21.7. The molecule has 0 atom stereocenters. The number of benzene rings is 3. The van der Waals surface area contributed by atoms with Crippen molar-refractivity contribution in [3.63, 3.8) is 0 Å². The molecule has 3 aromatic rings. The quantitative estimate of drug-likeness (QED) is 0.134. The van der Waals surface area contributed by atoms with Crippen LogP contribution in [0.15, 0.2) is 91.0 Å². The van der Waals surface area contributed by atoms with Crippen molar-refractivity contribution >= 4 is 7.32 Å². The van der Waals surface area contributed by atoms with Crippen LogP contribution in [0.4, 0.5) is 0 Å². The Kier molecular flexibility index (Phi) is 15.4. The average molecular weight is 506 g/mol. The predicted octanol–water partition coefficient (Wildman–Crippen LogP) is 5.84. The molecule has 37 heavy (non-hydrogen) atoms. The van der Waals surface area contributed by atoms with Gasteiger partial charge < -0.3 is 28.2 Å². The van der Waals surface area contributed by atoms with Gasteiger partial charge in [0.15, 0.2) is 0 Å². The van der Waals surface area contributed by atoms with Crippen LogP contribution in [0.5, 0.6) is 0 Å². The van der Waals surface area contributed by atoms with Gasteiger partial charge in [-0.2, -0.15) is 0 Å². The number of hydrogen-bond donors (Lipinski definition) is 0. The van der Waals surface area contributed by atoms with Crippen molar-refractivity contribution < 1.29 is 28.2 Å². The van der Waals surface area contributed by atoms with E-state index in [0.29, 0.717) is 59.5 Å². The molecule has 0 spiro atoms. The Morgan fingerprint density at radius 3 is 0.973 bits per heavy atom. The molecule has 3 rings (SSSR count). The predicted molar refractivity (Wildman–Crippen MR) is 146 cm³/mol. The molecule has 0 N–H and O–H groups in total. The molecule has 0 aliphatic rings. The minimum absolute atomic E-state index is 0.495. The van der Waals surface area contributed by atoms with E-state index in [2.05, 4.69) is 36.4 Å². The normalized spacial score (nSPS) is 11.0. The standard InChI is InChI=1S/C30H39BO6/c1-4-13-28(14-5-1)25-32-19-10-22-35-31(36-23-11-20-33-26-29-15-6-2-7-16-29)37-24-12-21-34-27-30-17-8-3-9-18-30/h1-9,13-18H,10-12,19-27H2. The first-order valence-corrected chi connectivity index (χ1v) is 13.1. The summed E-state index contributed by atoms with van der Waals surface area (Å²) in [6.07, 6.45) is 2.28. The average Bonchev–Trinajstić information content (AvgIpc) is 2.95. The van der Waals surface area contributed by atoms with Crippen LogP contribution in [0, 0.1) is 0 Å². The fraction of sp³-hybridized carbons (Fsp3) is 0.400. The van der Waals surface area contributed by atoms with Crippen molar-refractivity contribution in [3.8, 4) is 0 Å². The lowest BCUT2D eigenvalue weighted by Crippen LogP contribution is -2.29. The Balaban J connectivity index is 1.26. The van der Waals surface area contributed by atoms with Crippen LogP contribution in [0.25, 0.3) is 0 Å². The van der Waals surface area contributed by atoms with Crippen LogP contribution in [0.2, 0.25) is 0 Å². The monoisotopic (exact) mass is 506 g/mol. The summed E-state index contributed by atoms with van der Waals surface area (Å²) in [6.45, 7) is 5.12. The summed E-state index contributed by atoms with van der Waals surface area (Å²) in [5.41, 5.74) is 3.49. The third kappa shape index (κ3) is 14.1. The number of rotatable bonds is 21. The molecule has 0 saturated heterocycles. The molecule has 7 heteroatoms. The van der Waals surface area contributed by atoms with Crippen LogP contribution >= 0.6 is 0 Å². The molecular weight excluding hydrogens is 467 g/mol. The lowest BCUT2D eigenvalue weighted by molar-refractivity contribution is 0.0520. The van der Waals surface area contributed by atoms with Crippen LogP contribution < -0.4 is 0 Å². The summed E-state index contributed by atoms with van der Waals surface area (Å²) < 4.78 is 34.7. The van der Waals surface area contributed by atoms with Gasteiger partial charge in [-0.25, -0.2) is 0 Å². The van der Waals surface area contributed by atoms with E-state index in [-0.39, 0.29) is 0 Å². The fourth-order valence-corrected chi connectivity index (χ4v) is 3.46. The molecule has 0 aromatic heterocycles. The van der Waals surface area contributed by atoms with Gasteiger partial charge in [-0.15, -0.1) is 0 Å². The van der Waals surface area contributed by atoms with Gasteiger partial charge in [0.1, 0.15) is 0 Å². The van der Waals surface area contributed by atoms with Gasteiger partial charge in [0, 0.05) is 39.6 Å². The Morgan fingerprint density at radius 1 is 0.378 bits per heavy atom. The molecule has 0 aliphatic carbocycles. The molecular formula is C30H39BO6. The molecule has 3 aromatic carbocycles. The summed E-state index contributed by atoms with van der Waals surface area (Å²) >= 11 is 0. The first kappa shape index (κ1) is 29.0. The topological polar surface area (TPSA) is 55.4 Å². The highest BCUT2D eigenvalue weighted by Gasteiger charge is 2.20. The summed E-state index contributed by atoms with van der Waals surface area (Å²) in [4.78, 5) is 0. The Morgan fingerprint density at radius 2 is 0.676 bits per heavy atom. The van der Waals surface area contributed by atoms with Crippen molar-refractivity contribution in [2.45, 2.75) is 39.1 Å². The van der Waals surface area contributed by atoms with Crippen molar-refractivity contribution in [1.29, 1.82) is 0 Å². The summed E-state index contributed by atoms with van der Waals surface area (Å²) in [5.74, 6) is 0. The van der Waals surface area contributed by atoms with E-state index in [1.807, 2.05) is 54.6 Å². The second kappa shape index (κ2) is 19.6. The van der Waals surface area contributed by atoms with Gasteiger partial charge in [-0.05, 0) is 36.0 Å². The molecule has 6 nitrogen and oxygen atoms in total. The van der Waals surface area contributed by atoms with E-state index in [1.54, 1.807) is 0 Å². The van der Waals surface area contributed by atoms with E-state index >= 15 is 0 Å². The van der Waals surface area contributed by atoms with Gasteiger partial charge in [0.05, 0.1) is 19.8 Å². The van der Waals surface area contributed by atoms with Crippen LogP contribution in [-0.4, -0.2) is 47.0 Å². The minimum Gasteiger partial charge on any atom is -0.386 e. The minimum atomic E-state index is -0.711. The van der Waals surface area contributed by atoms with Crippen molar-refractivity contribution in [3.05, 3.63) is 108 Å². The molecule has 0 unspecified atom stereocenters. The van der Waals surface area contributed by atoms with E-state index in [0.717, 1.165) is 36.0 Å². The van der Waals surface area contributed by atoms with Gasteiger partial charge in [0.2, 0.25) is 0 Å². The van der Waals surface area contributed by atoms with Gasteiger partial charge in [0.25, 0.3) is 0 Å². The highest BCUT2D eigenvalue weighted by molar-refractivity contribution is 6.36. The smallest absolute Gasteiger partial charge is 0.386 e. The van der Waals surface area contributed by atoms with Crippen molar-refractivity contribution in [2.75, 3.05) is 39.6 Å². The second-order valence-electron chi connectivity index (χ2n) is 8.58. The summed E-state index contributed by atoms with van der Waals surface area (Å²) in [5, 5.41) is 0. The molecule has 0 saturated carbocycles. The van der Waals surface area contributed by atoms with Gasteiger partial charge >= 0.3 is 7.32 Å². The Bertz CT molecular complexity index is 791. The van der Waals surface area contributed by atoms with E-state index < -0.39 is 7.32 Å². The first-order valence-electron chi connectivity index (χ1n) is 13.1. The maximum Gasteiger partial charge on any atom is 0.639 e. The molecule has 0 bridgehead atoms. The van der Waals surface area contributed by atoms with Crippen LogP contribution in [0.1, 0.15) is 36.0 Å². The van der Waals surface area contributed by atoms with E-state index in [9.17, 15) is 0 Å². The zero-order chi connectivity index (χ0) is 25.6. The maximum absolute atomic E-state index is 5.84. The Hall–Kier alpha value is -2.52. The molecule has 0 radical (unpaired) electrons. The van der Waals surface area contributed by atoms with Crippen molar-refractivity contribution in [2.24, 2.45) is 0 Å². The highest BCUT2D eigenvalue weighted by Crippen LogP contribution is 2.05. The number of hydrogen-bond acceptors (Lipinski definition) is 6. The summed E-state index contributed by atoms with van der Waals surface area (Å²) in [7, 11) is -0.711. The van der Waals surface area contributed by atoms with Crippen molar-refractivity contribution in [1.82, 2.24) is 0 Å². The third-order valence-electron chi connectivity index (χ3n) is 5.40. The first-order chi connectivity index (χ1) is 18.4. The Labute approximate surface area is 222 Å². The summed E-state index contributed by atoms with van der Waals surface area (Å²) in [6, 6.07) is 30.4.